The summed E-state index contributed by atoms with van der Waals surface area (Å²) in [5.74, 6) is 1.04. The molecule has 1 amide bonds. The summed E-state index contributed by atoms with van der Waals surface area (Å²) in [4.78, 5) is 13.9. The molecule has 134 valence electrons. The molecular formula is C18H34N2O3. The van der Waals surface area contributed by atoms with Crippen molar-refractivity contribution in [3.05, 3.63) is 0 Å². The lowest BCUT2D eigenvalue weighted by molar-refractivity contribution is 0.0181. The van der Waals surface area contributed by atoms with E-state index in [9.17, 15) is 9.90 Å². The standard InChI is InChI=1S/C18H34N2O3/c1-18(2,3)23-17(22)20-10-8-14(9-11-20)12-19-16-7-5-4-6-15(16)13-21/h14-16,19,21H,4-13H2,1-3H3/t15-,16+/m1/s1. The van der Waals surface area contributed by atoms with Gasteiger partial charge >= 0.3 is 6.09 Å². The molecule has 1 saturated carbocycles. The van der Waals surface area contributed by atoms with Crippen molar-refractivity contribution in [3.8, 4) is 0 Å². The molecule has 23 heavy (non-hydrogen) atoms. The second-order valence-electron chi connectivity index (χ2n) is 8.15. The van der Waals surface area contributed by atoms with Crippen molar-refractivity contribution < 1.29 is 14.6 Å². The molecule has 1 heterocycles. The summed E-state index contributed by atoms with van der Waals surface area (Å²) in [7, 11) is 0. The molecule has 0 aromatic carbocycles. The van der Waals surface area contributed by atoms with Crippen LogP contribution < -0.4 is 5.32 Å². The maximum Gasteiger partial charge on any atom is 0.410 e. The van der Waals surface area contributed by atoms with Crippen LogP contribution in [0.3, 0.4) is 0 Å². The number of amides is 1. The van der Waals surface area contributed by atoms with Crippen LogP contribution in [0.5, 0.6) is 0 Å². The predicted molar refractivity (Wildman–Crippen MR) is 91.4 cm³/mol. The molecule has 0 aromatic heterocycles. The van der Waals surface area contributed by atoms with E-state index in [0.717, 1.165) is 38.9 Å². The quantitative estimate of drug-likeness (QED) is 0.834. The van der Waals surface area contributed by atoms with Gasteiger partial charge in [-0.3, -0.25) is 0 Å². The number of aliphatic hydroxyl groups excluding tert-OH is 1. The summed E-state index contributed by atoms with van der Waals surface area (Å²) in [6, 6.07) is 0.470. The van der Waals surface area contributed by atoms with Gasteiger partial charge in [-0.1, -0.05) is 12.8 Å². The summed E-state index contributed by atoms with van der Waals surface area (Å²) in [6.45, 7) is 8.60. The Morgan fingerprint density at radius 3 is 2.43 bits per heavy atom. The molecule has 2 atom stereocenters. The van der Waals surface area contributed by atoms with Gasteiger partial charge in [0.25, 0.3) is 0 Å². The van der Waals surface area contributed by atoms with Gasteiger partial charge in [-0.05, 0) is 64.8 Å². The van der Waals surface area contributed by atoms with E-state index in [1.54, 1.807) is 0 Å². The lowest BCUT2D eigenvalue weighted by atomic mass is 9.84. The first-order chi connectivity index (χ1) is 10.9. The third-order valence-electron chi connectivity index (χ3n) is 5.08. The topological polar surface area (TPSA) is 61.8 Å². The van der Waals surface area contributed by atoms with Gasteiger partial charge in [0.1, 0.15) is 5.60 Å². The van der Waals surface area contributed by atoms with Gasteiger partial charge < -0.3 is 20.1 Å². The molecule has 5 nitrogen and oxygen atoms in total. The van der Waals surface area contributed by atoms with Crippen LogP contribution in [-0.2, 0) is 4.74 Å². The number of carbonyl (C=O) groups excluding carboxylic acids is 1. The van der Waals surface area contributed by atoms with Crippen LogP contribution >= 0.6 is 0 Å². The molecular weight excluding hydrogens is 292 g/mol. The van der Waals surface area contributed by atoms with Crippen molar-refractivity contribution in [1.29, 1.82) is 0 Å². The van der Waals surface area contributed by atoms with E-state index in [4.69, 9.17) is 4.74 Å². The third-order valence-corrected chi connectivity index (χ3v) is 5.08. The SMILES string of the molecule is CC(C)(C)OC(=O)N1CCC(CN[C@H]2CCCC[C@@H]2CO)CC1. The van der Waals surface area contributed by atoms with Crippen molar-refractivity contribution in [2.24, 2.45) is 11.8 Å². The molecule has 0 aromatic rings. The number of nitrogens with one attached hydrogen (secondary N) is 1. The summed E-state index contributed by atoms with van der Waals surface area (Å²) >= 11 is 0. The largest absolute Gasteiger partial charge is 0.444 e. The van der Waals surface area contributed by atoms with Crippen LogP contribution in [-0.4, -0.2) is 54.0 Å². The van der Waals surface area contributed by atoms with Crippen LogP contribution in [0, 0.1) is 11.8 Å². The zero-order valence-electron chi connectivity index (χ0n) is 15.0. The smallest absolute Gasteiger partial charge is 0.410 e. The molecule has 5 heteroatoms. The lowest BCUT2D eigenvalue weighted by Crippen LogP contribution is -2.46. The van der Waals surface area contributed by atoms with Gasteiger partial charge in [0.15, 0.2) is 0 Å². The second kappa shape index (κ2) is 8.34. The van der Waals surface area contributed by atoms with Crippen LogP contribution in [0.15, 0.2) is 0 Å². The maximum atomic E-state index is 12.1. The monoisotopic (exact) mass is 326 g/mol. The van der Waals surface area contributed by atoms with E-state index in [1.807, 2.05) is 25.7 Å². The Labute approximate surface area is 140 Å². The summed E-state index contributed by atoms with van der Waals surface area (Å²) in [5, 5.41) is 13.2. The zero-order valence-corrected chi connectivity index (χ0v) is 15.0. The Morgan fingerprint density at radius 1 is 1.17 bits per heavy atom. The van der Waals surface area contributed by atoms with Gasteiger partial charge in [0.05, 0.1) is 0 Å². The highest BCUT2D eigenvalue weighted by molar-refractivity contribution is 5.68. The molecule has 2 N–H and O–H groups in total. The highest BCUT2D eigenvalue weighted by Crippen LogP contribution is 2.25. The minimum absolute atomic E-state index is 0.184. The molecule has 0 radical (unpaired) electrons. The average Bonchev–Trinajstić information content (AvgIpc) is 2.52. The minimum atomic E-state index is -0.421. The molecule has 1 aliphatic heterocycles. The fraction of sp³-hybridized carbons (Fsp3) is 0.944. The number of likely N-dealkylation sites (tertiary alicyclic amines) is 1. The first-order valence-electron chi connectivity index (χ1n) is 9.21. The summed E-state index contributed by atoms with van der Waals surface area (Å²) in [6.07, 6.45) is 6.72. The first-order valence-corrected chi connectivity index (χ1v) is 9.21. The summed E-state index contributed by atoms with van der Waals surface area (Å²) < 4.78 is 5.44. The van der Waals surface area contributed by atoms with Crippen LogP contribution in [0.25, 0.3) is 0 Å². The molecule has 0 bridgehead atoms. The molecule has 1 saturated heterocycles. The van der Waals surface area contributed by atoms with E-state index in [-0.39, 0.29) is 6.09 Å². The number of piperidine rings is 1. The zero-order chi connectivity index (χ0) is 16.9. The van der Waals surface area contributed by atoms with Gasteiger partial charge in [-0.15, -0.1) is 0 Å². The number of ether oxygens (including phenoxy) is 1. The highest BCUT2D eigenvalue weighted by Gasteiger charge is 2.28. The molecule has 2 rings (SSSR count). The number of hydrogen-bond donors (Lipinski definition) is 2. The van der Waals surface area contributed by atoms with Gasteiger partial charge in [-0.2, -0.15) is 0 Å². The minimum Gasteiger partial charge on any atom is -0.444 e. The van der Waals surface area contributed by atoms with E-state index in [1.165, 1.54) is 19.3 Å². The van der Waals surface area contributed by atoms with Crippen LogP contribution in [0.4, 0.5) is 4.79 Å². The van der Waals surface area contributed by atoms with Crippen molar-refractivity contribution in [2.75, 3.05) is 26.2 Å². The van der Waals surface area contributed by atoms with E-state index >= 15 is 0 Å². The fourth-order valence-electron chi connectivity index (χ4n) is 3.66. The Balaban J connectivity index is 1.69. The second-order valence-corrected chi connectivity index (χ2v) is 8.15. The van der Waals surface area contributed by atoms with Gasteiger partial charge in [0.2, 0.25) is 0 Å². The van der Waals surface area contributed by atoms with Crippen molar-refractivity contribution in [1.82, 2.24) is 10.2 Å². The number of rotatable bonds is 4. The highest BCUT2D eigenvalue weighted by atomic mass is 16.6. The van der Waals surface area contributed by atoms with Gasteiger partial charge in [0, 0.05) is 25.7 Å². The predicted octanol–water partition coefficient (Wildman–Crippen LogP) is 2.77. The molecule has 0 unspecified atom stereocenters. The van der Waals surface area contributed by atoms with E-state index in [2.05, 4.69) is 5.32 Å². The van der Waals surface area contributed by atoms with E-state index < -0.39 is 5.60 Å². The molecule has 0 spiro atoms. The van der Waals surface area contributed by atoms with Gasteiger partial charge in [-0.25, -0.2) is 4.79 Å². The lowest BCUT2D eigenvalue weighted by Gasteiger charge is -2.36. The van der Waals surface area contributed by atoms with Crippen molar-refractivity contribution in [3.63, 3.8) is 0 Å². The van der Waals surface area contributed by atoms with Crippen LogP contribution in [0.1, 0.15) is 59.3 Å². The summed E-state index contributed by atoms with van der Waals surface area (Å²) in [5.41, 5.74) is -0.421. The Morgan fingerprint density at radius 2 is 1.83 bits per heavy atom. The Bertz CT molecular complexity index is 373. The normalized spacial score (nSPS) is 27.0. The Kier molecular flexibility index (Phi) is 6.72. The number of carbonyl (C=O) groups is 1. The molecule has 1 aliphatic carbocycles. The third kappa shape index (κ3) is 5.96. The van der Waals surface area contributed by atoms with Crippen molar-refractivity contribution >= 4 is 6.09 Å². The fourth-order valence-corrected chi connectivity index (χ4v) is 3.66. The first kappa shape index (κ1) is 18.5. The van der Waals surface area contributed by atoms with E-state index in [0.29, 0.717) is 24.5 Å². The average molecular weight is 326 g/mol. The molecule has 2 aliphatic rings. The number of nitrogens with zero attached hydrogens (tertiary/aromatic N) is 1. The maximum absolute atomic E-state index is 12.1. The van der Waals surface area contributed by atoms with Crippen LogP contribution in [0.2, 0.25) is 0 Å². The molecule has 2 fully saturated rings. The number of hydrogen-bond acceptors (Lipinski definition) is 4. The van der Waals surface area contributed by atoms with Crippen molar-refractivity contribution in [2.45, 2.75) is 70.9 Å². The number of aliphatic hydroxyl groups is 1. The Hall–Kier alpha value is -0.810.